The van der Waals surface area contributed by atoms with Crippen LogP contribution in [0, 0.1) is 12.7 Å². The number of aryl methyl sites for hydroxylation is 1. The number of rotatable bonds is 5. The Morgan fingerprint density at radius 2 is 2.16 bits per heavy atom. The Labute approximate surface area is 117 Å². The van der Waals surface area contributed by atoms with Crippen LogP contribution in [0.3, 0.4) is 0 Å². The predicted molar refractivity (Wildman–Crippen MR) is 77.3 cm³/mol. The van der Waals surface area contributed by atoms with Gasteiger partial charge in [-0.15, -0.1) is 0 Å². The third-order valence-electron chi connectivity index (χ3n) is 3.23. The van der Waals surface area contributed by atoms with Crippen LogP contribution in [0.25, 0.3) is 0 Å². The fraction of sp³-hybridized carbons (Fsp3) is 0.333. The highest BCUT2D eigenvalue weighted by Crippen LogP contribution is 2.28. The molecule has 1 aromatic carbocycles. The van der Waals surface area contributed by atoms with Crippen LogP contribution in [-0.2, 0) is 6.54 Å². The van der Waals surface area contributed by atoms with E-state index in [9.17, 15) is 4.39 Å². The molecule has 1 aromatic heterocycles. The molecular formula is C15H18FNOS. The average molecular weight is 279 g/mol. The van der Waals surface area contributed by atoms with Crippen LogP contribution < -0.4 is 10.1 Å². The smallest absolute Gasteiger partial charge is 0.131 e. The molecule has 19 heavy (non-hydrogen) atoms. The van der Waals surface area contributed by atoms with Crippen molar-refractivity contribution in [2.45, 2.75) is 26.4 Å². The molecule has 0 aliphatic carbocycles. The molecule has 0 amide bonds. The van der Waals surface area contributed by atoms with Gasteiger partial charge >= 0.3 is 0 Å². The highest BCUT2D eigenvalue weighted by molar-refractivity contribution is 7.08. The molecule has 102 valence electrons. The van der Waals surface area contributed by atoms with Gasteiger partial charge in [0.2, 0.25) is 0 Å². The molecule has 1 unspecified atom stereocenters. The van der Waals surface area contributed by atoms with Crippen molar-refractivity contribution in [3.05, 3.63) is 51.5 Å². The van der Waals surface area contributed by atoms with Crippen LogP contribution in [0.15, 0.2) is 29.0 Å². The molecule has 0 radical (unpaired) electrons. The van der Waals surface area contributed by atoms with Crippen LogP contribution in [0.5, 0.6) is 5.75 Å². The minimum Gasteiger partial charge on any atom is -0.496 e. The number of nitrogens with one attached hydrogen (secondary N) is 1. The molecule has 2 nitrogen and oxygen atoms in total. The molecule has 0 spiro atoms. The Balaban J connectivity index is 2.12. The summed E-state index contributed by atoms with van der Waals surface area (Å²) in [5.74, 6) is 0.350. The molecule has 0 bridgehead atoms. The minimum atomic E-state index is -0.235. The first-order chi connectivity index (χ1) is 9.13. The predicted octanol–water partition coefficient (Wildman–Crippen LogP) is 4.06. The van der Waals surface area contributed by atoms with E-state index in [1.54, 1.807) is 30.6 Å². The normalized spacial score (nSPS) is 12.4. The lowest BCUT2D eigenvalue weighted by Gasteiger charge is -2.18. The number of methoxy groups -OCH3 is 1. The van der Waals surface area contributed by atoms with Crippen LogP contribution in [0.1, 0.15) is 29.7 Å². The number of ether oxygens (including phenoxy) is 1. The molecule has 0 fully saturated rings. The first kappa shape index (κ1) is 14.0. The van der Waals surface area contributed by atoms with Gasteiger partial charge in [-0.3, -0.25) is 0 Å². The maximum Gasteiger partial charge on any atom is 0.131 e. The van der Waals surface area contributed by atoms with Crippen molar-refractivity contribution >= 4 is 11.3 Å². The van der Waals surface area contributed by atoms with E-state index in [4.69, 9.17) is 4.74 Å². The van der Waals surface area contributed by atoms with E-state index in [1.807, 2.05) is 6.92 Å². The zero-order valence-corrected chi connectivity index (χ0v) is 12.2. The lowest BCUT2D eigenvalue weighted by Crippen LogP contribution is -2.20. The van der Waals surface area contributed by atoms with E-state index in [2.05, 4.69) is 23.0 Å². The molecule has 1 atom stereocenters. The molecule has 2 rings (SSSR count). The fourth-order valence-electron chi connectivity index (χ4n) is 2.05. The number of benzene rings is 1. The Bertz CT molecular complexity index is 553. The zero-order valence-electron chi connectivity index (χ0n) is 11.4. The van der Waals surface area contributed by atoms with E-state index in [0.717, 1.165) is 6.54 Å². The van der Waals surface area contributed by atoms with Gasteiger partial charge in [-0.25, -0.2) is 4.39 Å². The molecule has 1 N–H and O–H groups in total. The van der Waals surface area contributed by atoms with E-state index < -0.39 is 0 Å². The Hall–Kier alpha value is -1.39. The minimum absolute atomic E-state index is 0.101. The zero-order chi connectivity index (χ0) is 13.8. The van der Waals surface area contributed by atoms with Gasteiger partial charge in [-0.1, -0.05) is 6.07 Å². The summed E-state index contributed by atoms with van der Waals surface area (Å²) in [7, 11) is 1.56. The number of hydrogen-bond acceptors (Lipinski definition) is 3. The largest absolute Gasteiger partial charge is 0.496 e. The first-order valence-electron chi connectivity index (χ1n) is 6.21. The Kier molecular flexibility index (Phi) is 4.56. The van der Waals surface area contributed by atoms with Crippen LogP contribution in [0.4, 0.5) is 4.39 Å². The van der Waals surface area contributed by atoms with Crippen LogP contribution in [0.2, 0.25) is 0 Å². The Morgan fingerprint density at radius 3 is 2.79 bits per heavy atom. The maximum absolute atomic E-state index is 13.9. The van der Waals surface area contributed by atoms with Crippen molar-refractivity contribution < 1.29 is 9.13 Å². The number of halogens is 1. The third-order valence-corrected chi connectivity index (χ3v) is 4.14. The van der Waals surface area contributed by atoms with Crippen molar-refractivity contribution in [2.75, 3.05) is 7.11 Å². The van der Waals surface area contributed by atoms with Crippen molar-refractivity contribution in [3.63, 3.8) is 0 Å². The van der Waals surface area contributed by atoms with Crippen molar-refractivity contribution in [2.24, 2.45) is 0 Å². The summed E-state index contributed by atoms with van der Waals surface area (Å²) in [4.78, 5) is 0. The first-order valence-corrected chi connectivity index (χ1v) is 7.15. The maximum atomic E-state index is 13.9. The Morgan fingerprint density at radius 1 is 1.37 bits per heavy atom. The van der Waals surface area contributed by atoms with Gasteiger partial charge in [0.05, 0.1) is 7.11 Å². The highest BCUT2D eigenvalue weighted by atomic mass is 32.1. The molecule has 0 saturated carbocycles. The summed E-state index contributed by atoms with van der Waals surface area (Å²) in [6.07, 6.45) is 0. The van der Waals surface area contributed by atoms with E-state index >= 15 is 0 Å². The molecule has 0 saturated heterocycles. The monoisotopic (exact) mass is 279 g/mol. The van der Waals surface area contributed by atoms with Gasteiger partial charge in [0.15, 0.2) is 0 Å². The summed E-state index contributed by atoms with van der Waals surface area (Å²) in [6.45, 7) is 4.76. The molecule has 2 aromatic rings. The molecule has 1 heterocycles. The fourth-order valence-corrected chi connectivity index (χ4v) is 2.91. The van der Waals surface area contributed by atoms with Gasteiger partial charge in [-0.2, -0.15) is 11.3 Å². The second-order valence-electron chi connectivity index (χ2n) is 4.54. The van der Waals surface area contributed by atoms with E-state index in [0.29, 0.717) is 11.3 Å². The summed E-state index contributed by atoms with van der Waals surface area (Å²) in [6, 6.07) is 4.81. The van der Waals surface area contributed by atoms with Crippen LogP contribution >= 0.6 is 11.3 Å². The van der Waals surface area contributed by atoms with Gasteiger partial charge in [0.25, 0.3) is 0 Å². The second kappa shape index (κ2) is 6.17. The molecule has 0 aliphatic rings. The van der Waals surface area contributed by atoms with Gasteiger partial charge in [0.1, 0.15) is 11.6 Å². The molecule has 0 aliphatic heterocycles. The van der Waals surface area contributed by atoms with E-state index in [1.165, 1.54) is 17.2 Å². The molecular weight excluding hydrogens is 261 g/mol. The number of hydrogen-bond donors (Lipinski definition) is 1. The SMILES string of the molecule is COc1cccc(F)c1C(C)NCc1cscc1C. The lowest BCUT2D eigenvalue weighted by atomic mass is 10.1. The quantitative estimate of drug-likeness (QED) is 0.891. The summed E-state index contributed by atoms with van der Waals surface area (Å²) in [5, 5.41) is 7.58. The van der Waals surface area contributed by atoms with E-state index in [-0.39, 0.29) is 11.9 Å². The standard InChI is InChI=1S/C15H18FNOS/c1-10-8-19-9-12(10)7-17-11(2)15-13(16)5-4-6-14(15)18-3/h4-6,8-9,11,17H,7H2,1-3H3. The van der Waals surface area contributed by atoms with Gasteiger partial charge in [0, 0.05) is 18.2 Å². The number of thiophene rings is 1. The van der Waals surface area contributed by atoms with Gasteiger partial charge in [-0.05, 0) is 47.9 Å². The third kappa shape index (κ3) is 3.14. The van der Waals surface area contributed by atoms with Crippen molar-refractivity contribution in [3.8, 4) is 5.75 Å². The average Bonchev–Trinajstić information content (AvgIpc) is 2.81. The highest BCUT2D eigenvalue weighted by Gasteiger charge is 2.16. The molecule has 4 heteroatoms. The summed E-state index contributed by atoms with van der Waals surface area (Å²) >= 11 is 1.69. The summed E-state index contributed by atoms with van der Waals surface area (Å²) < 4.78 is 19.1. The van der Waals surface area contributed by atoms with Crippen LogP contribution in [-0.4, -0.2) is 7.11 Å². The lowest BCUT2D eigenvalue weighted by molar-refractivity contribution is 0.393. The van der Waals surface area contributed by atoms with Crippen molar-refractivity contribution in [1.29, 1.82) is 0 Å². The summed E-state index contributed by atoms with van der Waals surface area (Å²) in [5.41, 5.74) is 3.11. The van der Waals surface area contributed by atoms with Crippen molar-refractivity contribution in [1.82, 2.24) is 5.32 Å². The second-order valence-corrected chi connectivity index (χ2v) is 5.28. The topological polar surface area (TPSA) is 21.3 Å². The van der Waals surface area contributed by atoms with Gasteiger partial charge < -0.3 is 10.1 Å².